The summed E-state index contributed by atoms with van der Waals surface area (Å²) in [6.07, 6.45) is -0.852. The van der Waals surface area contributed by atoms with Gasteiger partial charge in [0.05, 0.1) is 16.1 Å². The van der Waals surface area contributed by atoms with Gasteiger partial charge < -0.3 is 9.84 Å². The number of hydrogen-bond donors (Lipinski definition) is 1. The first-order valence-corrected chi connectivity index (χ1v) is 7.14. The molecule has 1 unspecified atom stereocenters. The number of hydrogen-bond acceptors (Lipinski definition) is 2. The van der Waals surface area contributed by atoms with Crippen molar-refractivity contribution >= 4 is 23.2 Å². The van der Waals surface area contributed by atoms with Crippen LogP contribution in [0, 0.1) is 0 Å². The highest BCUT2D eigenvalue weighted by Crippen LogP contribution is 2.36. The minimum atomic E-state index is -0.879. The van der Waals surface area contributed by atoms with Crippen molar-refractivity contribution in [1.29, 1.82) is 0 Å². The molecule has 2 aromatic carbocycles. The van der Waals surface area contributed by atoms with Gasteiger partial charge >= 0.3 is 0 Å². The highest BCUT2D eigenvalue weighted by atomic mass is 35.5. The van der Waals surface area contributed by atoms with Crippen LogP contribution in [-0.4, -0.2) is 11.2 Å². The summed E-state index contributed by atoms with van der Waals surface area (Å²) in [6, 6.07) is 12.6. The summed E-state index contributed by atoms with van der Waals surface area (Å²) in [5, 5.41) is 11.4. The Morgan fingerprint density at radius 3 is 2.30 bits per heavy atom. The van der Waals surface area contributed by atoms with Crippen molar-refractivity contribution in [3.05, 3.63) is 63.6 Å². The van der Waals surface area contributed by atoms with Gasteiger partial charge in [-0.05, 0) is 26.0 Å². The molecule has 0 saturated carbocycles. The molecule has 0 radical (unpaired) electrons. The van der Waals surface area contributed by atoms with Crippen LogP contribution in [0.3, 0.4) is 0 Å². The fourth-order valence-electron chi connectivity index (χ4n) is 1.97. The van der Waals surface area contributed by atoms with Gasteiger partial charge in [-0.15, -0.1) is 0 Å². The number of aliphatic hydroxyl groups excluding tert-OH is 1. The zero-order valence-electron chi connectivity index (χ0n) is 11.3. The molecule has 0 aromatic heterocycles. The zero-order chi connectivity index (χ0) is 14.7. The predicted molar refractivity (Wildman–Crippen MR) is 82.7 cm³/mol. The average Bonchev–Trinajstić information content (AvgIpc) is 2.41. The summed E-state index contributed by atoms with van der Waals surface area (Å²) >= 11 is 12.2. The summed E-state index contributed by atoms with van der Waals surface area (Å²) < 4.78 is 5.72. The molecule has 0 spiro atoms. The Labute approximate surface area is 128 Å². The molecule has 20 heavy (non-hydrogen) atoms. The van der Waals surface area contributed by atoms with Crippen molar-refractivity contribution in [2.75, 3.05) is 0 Å². The second kappa shape index (κ2) is 6.49. The first-order chi connectivity index (χ1) is 9.50. The molecular formula is C16H16Cl2O2. The van der Waals surface area contributed by atoms with Gasteiger partial charge in [0.25, 0.3) is 0 Å². The molecule has 0 aliphatic rings. The zero-order valence-corrected chi connectivity index (χ0v) is 12.8. The summed E-state index contributed by atoms with van der Waals surface area (Å²) in [5.74, 6) is 0.644. The van der Waals surface area contributed by atoms with E-state index in [1.807, 2.05) is 38.1 Å². The third-order valence-electron chi connectivity index (χ3n) is 2.85. The SMILES string of the molecule is CC(C)Oc1ccccc1C(O)c1cccc(Cl)c1Cl. The topological polar surface area (TPSA) is 29.5 Å². The molecule has 0 fully saturated rings. The molecule has 0 heterocycles. The van der Waals surface area contributed by atoms with E-state index in [0.717, 1.165) is 0 Å². The Balaban J connectivity index is 2.43. The van der Waals surface area contributed by atoms with E-state index in [1.54, 1.807) is 18.2 Å². The number of rotatable bonds is 4. The molecule has 1 N–H and O–H groups in total. The number of ether oxygens (including phenoxy) is 1. The predicted octanol–water partition coefficient (Wildman–Crippen LogP) is 4.86. The minimum Gasteiger partial charge on any atom is -0.491 e. The maximum Gasteiger partial charge on any atom is 0.125 e. The van der Waals surface area contributed by atoms with E-state index in [2.05, 4.69) is 0 Å². The van der Waals surface area contributed by atoms with Gasteiger partial charge in [0.1, 0.15) is 11.9 Å². The first-order valence-electron chi connectivity index (χ1n) is 6.38. The molecule has 1 atom stereocenters. The Kier molecular flexibility index (Phi) is 4.92. The number of aliphatic hydroxyl groups is 1. The fraction of sp³-hybridized carbons (Fsp3) is 0.250. The lowest BCUT2D eigenvalue weighted by Gasteiger charge is -2.19. The maximum atomic E-state index is 10.6. The Bertz CT molecular complexity index is 597. The molecule has 0 bridgehead atoms. The van der Waals surface area contributed by atoms with Crippen LogP contribution < -0.4 is 4.74 Å². The van der Waals surface area contributed by atoms with Gasteiger partial charge in [0, 0.05) is 11.1 Å². The van der Waals surface area contributed by atoms with Gasteiger partial charge in [-0.2, -0.15) is 0 Å². The van der Waals surface area contributed by atoms with E-state index in [0.29, 0.717) is 26.9 Å². The van der Waals surface area contributed by atoms with Crippen molar-refractivity contribution in [3.63, 3.8) is 0 Å². The van der Waals surface area contributed by atoms with Crippen molar-refractivity contribution in [1.82, 2.24) is 0 Å². The van der Waals surface area contributed by atoms with Gasteiger partial charge in [-0.25, -0.2) is 0 Å². The highest BCUT2D eigenvalue weighted by Gasteiger charge is 2.19. The van der Waals surface area contributed by atoms with Crippen LogP contribution in [0.4, 0.5) is 0 Å². The summed E-state index contributed by atoms with van der Waals surface area (Å²) in [4.78, 5) is 0. The van der Waals surface area contributed by atoms with Gasteiger partial charge in [-0.1, -0.05) is 53.5 Å². The van der Waals surface area contributed by atoms with Crippen LogP contribution in [0.2, 0.25) is 10.0 Å². The lowest BCUT2D eigenvalue weighted by molar-refractivity contribution is 0.198. The Morgan fingerprint density at radius 1 is 0.950 bits per heavy atom. The van der Waals surface area contributed by atoms with E-state index in [1.165, 1.54) is 0 Å². The largest absolute Gasteiger partial charge is 0.491 e. The molecule has 4 heteroatoms. The van der Waals surface area contributed by atoms with E-state index >= 15 is 0 Å². The van der Waals surface area contributed by atoms with Crippen molar-refractivity contribution in [2.45, 2.75) is 26.1 Å². The molecule has 0 amide bonds. The minimum absolute atomic E-state index is 0.0261. The van der Waals surface area contributed by atoms with Gasteiger partial charge in [-0.3, -0.25) is 0 Å². The standard InChI is InChI=1S/C16H16Cl2O2/c1-10(2)20-14-9-4-3-6-11(14)16(19)12-7-5-8-13(17)15(12)18/h3-10,16,19H,1-2H3. The van der Waals surface area contributed by atoms with Crippen LogP contribution >= 0.6 is 23.2 Å². The van der Waals surface area contributed by atoms with E-state index in [9.17, 15) is 5.11 Å². The smallest absolute Gasteiger partial charge is 0.125 e. The number of para-hydroxylation sites is 1. The first kappa shape index (κ1) is 15.2. The molecule has 2 nitrogen and oxygen atoms in total. The van der Waals surface area contributed by atoms with Crippen LogP contribution in [0.5, 0.6) is 5.75 Å². The van der Waals surface area contributed by atoms with Crippen LogP contribution in [0.15, 0.2) is 42.5 Å². The normalized spacial score (nSPS) is 12.5. The third kappa shape index (κ3) is 3.26. The maximum absolute atomic E-state index is 10.6. The summed E-state index contributed by atoms with van der Waals surface area (Å²) in [6.45, 7) is 3.88. The number of benzene rings is 2. The van der Waals surface area contributed by atoms with Crippen molar-refractivity contribution in [3.8, 4) is 5.75 Å². The average molecular weight is 311 g/mol. The fourth-order valence-corrected chi connectivity index (χ4v) is 2.38. The molecule has 0 saturated heterocycles. The number of halogens is 2. The van der Waals surface area contributed by atoms with E-state index < -0.39 is 6.10 Å². The van der Waals surface area contributed by atoms with Crippen LogP contribution in [0.25, 0.3) is 0 Å². The lowest BCUT2D eigenvalue weighted by atomic mass is 10.0. The Hall–Kier alpha value is -1.22. The molecule has 2 rings (SSSR count). The van der Waals surface area contributed by atoms with Crippen LogP contribution in [-0.2, 0) is 0 Å². The monoisotopic (exact) mass is 310 g/mol. The van der Waals surface area contributed by atoms with E-state index in [-0.39, 0.29) is 6.10 Å². The van der Waals surface area contributed by atoms with Gasteiger partial charge in [0.15, 0.2) is 0 Å². The lowest BCUT2D eigenvalue weighted by Crippen LogP contribution is -2.10. The second-order valence-electron chi connectivity index (χ2n) is 4.75. The van der Waals surface area contributed by atoms with Gasteiger partial charge in [0.2, 0.25) is 0 Å². The van der Waals surface area contributed by atoms with Crippen molar-refractivity contribution in [2.24, 2.45) is 0 Å². The molecule has 2 aromatic rings. The Morgan fingerprint density at radius 2 is 1.60 bits per heavy atom. The third-order valence-corrected chi connectivity index (χ3v) is 3.69. The second-order valence-corrected chi connectivity index (χ2v) is 5.54. The van der Waals surface area contributed by atoms with E-state index in [4.69, 9.17) is 27.9 Å². The van der Waals surface area contributed by atoms with Crippen molar-refractivity contribution < 1.29 is 9.84 Å². The summed E-state index contributed by atoms with van der Waals surface area (Å²) in [7, 11) is 0. The summed E-state index contributed by atoms with van der Waals surface area (Å²) in [5.41, 5.74) is 1.24. The van der Waals surface area contributed by atoms with Crippen LogP contribution in [0.1, 0.15) is 31.1 Å². The molecule has 106 valence electrons. The molecular weight excluding hydrogens is 295 g/mol. The molecule has 0 aliphatic heterocycles. The molecule has 0 aliphatic carbocycles. The quantitative estimate of drug-likeness (QED) is 0.873. The highest BCUT2D eigenvalue weighted by molar-refractivity contribution is 6.42.